The van der Waals surface area contributed by atoms with Gasteiger partial charge in [0.15, 0.2) is 0 Å². The van der Waals surface area contributed by atoms with Crippen molar-refractivity contribution in [2.75, 3.05) is 31.9 Å². The summed E-state index contributed by atoms with van der Waals surface area (Å²) < 4.78 is 27.3. The molecular formula is C14H20ClN3O2S. The molecule has 116 valence electrons. The van der Waals surface area contributed by atoms with Crippen molar-refractivity contribution in [3.05, 3.63) is 23.2 Å². The Morgan fingerprint density at radius 1 is 1.19 bits per heavy atom. The maximum Gasteiger partial charge on any atom is 0.245 e. The van der Waals surface area contributed by atoms with Gasteiger partial charge in [-0.05, 0) is 50.6 Å². The predicted octanol–water partition coefficient (Wildman–Crippen LogP) is 1.78. The van der Waals surface area contributed by atoms with Crippen molar-refractivity contribution in [2.24, 2.45) is 0 Å². The van der Waals surface area contributed by atoms with Gasteiger partial charge in [0.2, 0.25) is 10.0 Å². The summed E-state index contributed by atoms with van der Waals surface area (Å²) in [6.07, 6.45) is 3.07. The van der Waals surface area contributed by atoms with Crippen LogP contribution in [0.1, 0.15) is 19.3 Å². The van der Waals surface area contributed by atoms with Gasteiger partial charge in [-0.15, -0.1) is 0 Å². The molecular weight excluding hydrogens is 310 g/mol. The highest BCUT2D eigenvalue weighted by atomic mass is 35.5. The molecule has 2 heterocycles. The molecule has 2 saturated heterocycles. The Balaban J connectivity index is 1.92. The van der Waals surface area contributed by atoms with Crippen LogP contribution in [0.25, 0.3) is 0 Å². The van der Waals surface area contributed by atoms with Crippen LogP contribution in [0, 0.1) is 0 Å². The summed E-state index contributed by atoms with van der Waals surface area (Å²) in [6.45, 7) is 3.15. The number of fused-ring (bicyclic) bond motifs is 1. The van der Waals surface area contributed by atoms with Crippen LogP contribution in [0.5, 0.6) is 0 Å². The molecule has 1 atom stereocenters. The number of rotatable bonds is 2. The third-order valence-corrected chi connectivity index (χ3v) is 6.52. The van der Waals surface area contributed by atoms with Crippen LogP contribution in [0.4, 0.5) is 5.69 Å². The van der Waals surface area contributed by atoms with E-state index in [1.807, 2.05) is 0 Å². The molecule has 0 bridgehead atoms. The molecule has 21 heavy (non-hydrogen) atoms. The number of sulfonamides is 1. The molecule has 0 aromatic heterocycles. The quantitative estimate of drug-likeness (QED) is 0.840. The number of nitrogens with two attached hydrogens (primary N) is 1. The lowest BCUT2D eigenvalue weighted by atomic mass is 10.2. The molecule has 2 aliphatic heterocycles. The molecule has 0 aliphatic carbocycles. The molecule has 5 nitrogen and oxygen atoms in total. The largest absolute Gasteiger partial charge is 0.398 e. The molecule has 0 saturated carbocycles. The monoisotopic (exact) mass is 329 g/mol. The molecule has 0 amide bonds. The predicted molar refractivity (Wildman–Crippen MR) is 83.8 cm³/mol. The van der Waals surface area contributed by atoms with Gasteiger partial charge in [0, 0.05) is 24.2 Å². The second-order valence-corrected chi connectivity index (χ2v) is 8.07. The summed E-state index contributed by atoms with van der Waals surface area (Å²) in [6, 6.07) is 4.94. The van der Waals surface area contributed by atoms with Gasteiger partial charge < -0.3 is 5.73 Å². The zero-order valence-electron chi connectivity index (χ0n) is 11.8. The Morgan fingerprint density at radius 2 is 1.95 bits per heavy atom. The second-order valence-electron chi connectivity index (χ2n) is 5.73. The normalized spacial score (nSPS) is 24.7. The average molecular weight is 330 g/mol. The van der Waals surface area contributed by atoms with E-state index in [2.05, 4.69) is 4.90 Å². The van der Waals surface area contributed by atoms with E-state index in [4.69, 9.17) is 17.3 Å². The Kier molecular flexibility index (Phi) is 4.14. The molecule has 2 N–H and O–H groups in total. The Bertz CT molecular complexity index is 635. The Labute approximate surface area is 130 Å². The molecule has 7 heteroatoms. The second kappa shape index (κ2) is 5.76. The first-order chi connectivity index (χ1) is 9.98. The van der Waals surface area contributed by atoms with E-state index in [1.54, 1.807) is 16.4 Å². The molecule has 2 aliphatic rings. The fraction of sp³-hybridized carbons (Fsp3) is 0.571. The number of nitrogens with zero attached hydrogens (tertiary/aromatic N) is 2. The molecule has 1 unspecified atom stereocenters. The third-order valence-electron chi connectivity index (χ3n) is 4.36. The highest BCUT2D eigenvalue weighted by molar-refractivity contribution is 7.89. The van der Waals surface area contributed by atoms with Crippen molar-refractivity contribution in [2.45, 2.75) is 30.2 Å². The number of hydrogen-bond donors (Lipinski definition) is 1. The van der Waals surface area contributed by atoms with Crippen molar-refractivity contribution in [1.29, 1.82) is 0 Å². The highest BCUT2D eigenvalue weighted by Crippen LogP contribution is 2.29. The van der Waals surface area contributed by atoms with Crippen LogP contribution in [0.15, 0.2) is 23.1 Å². The first-order valence-corrected chi connectivity index (χ1v) is 9.09. The number of benzene rings is 1. The van der Waals surface area contributed by atoms with Crippen molar-refractivity contribution in [1.82, 2.24) is 9.21 Å². The number of hydrogen-bond acceptors (Lipinski definition) is 4. The van der Waals surface area contributed by atoms with Crippen LogP contribution in [0.2, 0.25) is 5.02 Å². The van der Waals surface area contributed by atoms with Crippen molar-refractivity contribution in [3.63, 3.8) is 0 Å². The average Bonchev–Trinajstić information content (AvgIpc) is 2.78. The SMILES string of the molecule is Nc1ccc(Cl)cc1S(=O)(=O)N1CCCN2CCCC2C1. The van der Waals surface area contributed by atoms with Crippen LogP contribution in [-0.4, -0.2) is 49.8 Å². The molecule has 1 aromatic rings. The maximum absolute atomic E-state index is 12.9. The fourth-order valence-electron chi connectivity index (χ4n) is 3.26. The van der Waals surface area contributed by atoms with E-state index in [9.17, 15) is 8.42 Å². The van der Waals surface area contributed by atoms with E-state index in [0.29, 0.717) is 24.2 Å². The summed E-state index contributed by atoms with van der Waals surface area (Å²) in [7, 11) is -3.58. The van der Waals surface area contributed by atoms with Crippen molar-refractivity contribution in [3.8, 4) is 0 Å². The fourth-order valence-corrected chi connectivity index (χ4v) is 5.16. The minimum Gasteiger partial charge on any atom is -0.398 e. The van der Waals surface area contributed by atoms with Crippen molar-refractivity contribution >= 4 is 27.3 Å². The van der Waals surface area contributed by atoms with Gasteiger partial charge in [-0.3, -0.25) is 4.90 Å². The van der Waals surface area contributed by atoms with E-state index < -0.39 is 10.0 Å². The van der Waals surface area contributed by atoms with Crippen LogP contribution in [-0.2, 0) is 10.0 Å². The highest BCUT2D eigenvalue weighted by Gasteiger charge is 2.35. The van der Waals surface area contributed by atoms with Gasteiger partial charge >= 0.3 is 0 Å². The van der Waals surface area contributed by atoms with E-state index in [-0.39, 0.29) is 10.6 Å². The molecule has 1 aromatic carbocycles. The molecule has 3 rings (SSSR count). The van der Waals surface area contributed by atoms with E-state index in [0.717, 1.165) is 32.4 Å². The zero-order valence-corrected chi connectivity index (χ0v) is 13.4. The van der Waals surface area contributed by atoms with Crippen LogP contribution in [0.3, 0.4) is 0 Å². The van der Waals surface area contributed by atoms with Gasteiger partial charge in [0.1, 0.15) is 4.90 Å². The van der Waals surface area contributed by atoms with Crippen LogP contribution >= 0.6 is 11.6 Å². The van der Waals surface area contributed by atoms with Crippen molar-refractivity contribution < 1.29 is 8.42 Å². The molecule has 0 spiro atoms. The molecule has 0 radical (unpaired) electrons. The number of anilines is 1. The van der Waals surface area contributed by atoms with Crippen LogP contribution < -0.4 is 5.73 Å². The minimum absolute atomic E-state index is 0.126. The van der Waals surface area contributed by atoms with Gasteiger partial charge in [0.05, 0.1) is 5.69 Å². The number of halogens is 1. The Hall–Kier alpha value is -0.820. The zero-order chi connectivity index (χ0) is 15.0. The minimum atomic E-state index is -3.58. The summed E-state index contributed by atoms with van der Waals surface area (Å²) in [4.78, 5) is 2.53. The standard InChI is InChI=1S/C14H20ClN3O2S/c15-11-4-5-13(16)14(9-11)21(19,20)18-8-2-7-17-6-1-3-12(17)10-18/h4-5,9,12H,1-3,6-8,10,16H2. The lowest BCUT2D eigenvalue weighted by Crippen LogP contribution is -2.39. The smallest absolute Gasteiger partial charge is 0.245 e. The van der Waals surface area contributed by atoms with Gasteiger partial charge in [-0.1, -0.05) is 11.6 Å². The van der Waals surface area contributed by atoms with E-state index in [1.165, 1.54) is 6.07 Å². The summed E-state index contributed by atoms with van der Waals surface area (Å²) in [5, 5.41) is 0.389. The summed E-state index contributed by atoms with van der Waals surface area (Å²) in [5.41, 5.74) is 6.11. The topological polar surface area (TPSA) is 66.6 Å². The van der Waals surface area contributed by atoms with Gasteiger partial charge in [-0.25, -0.2) is 8.42 Å². The summed E-state index contributed by atoms with van der Waals surface area (Å²) in [5.74, 6) is 0. The van der Waals surface area contributed by atoms with Gasteiger partial charge in [-0.2, -0.15) is 4.31 Å². The third kappa shape index (κ3) is 2.90. The molecule has 2 fully saturated rings. The first kappa shape index (κ1) is 15.1. The number of nitrogen functional groups attached to an aromatic ring is 1. The van der Waals surface area contributed by atoms with Gasteiger partial charge in [0.25, 0.3) is 0 Å². The summed E-state index contributed by atoms with van der Waals surface area (Å²) >= 11 is 5.94. The maximum atomic E-state index is 12.9. The first-order valence-electron chi connectivity index (χ1n) is 7.28. The Morgan fingerprint density at radius 3 is 2.76 bits per heavy atom. The lowest BCUT2D eigenvalue weighted by Gasteiger charge is -2.25. The van der Waals surface area contributed by atoms with E-state index >= 15 is 0 Å². The lowest BCUT2D eigenvalue weighted by molar-refractivity contribution is 0.257.